The molecule has 0 aromatic carbocycles. The van der Waals surface area contributed by atoms with Crippen molar-refractivity contribution in [1.29, 1.82) is 0 Å². The van der Waals surface area contributed by atoms with Crippen LogP contribution in [0.4, 0.5) is 0 Å². The first-order chi connectivity index (χ1) is 4.95. The van der Waals surface area contributed by atoms with Crippen molar-refractivity contribution in [2.75, 3.05) is 6.79 Å². The van der Waals surface area contributed by atoms with Crippen molar-refractivity contribution in [2.45, 2.75) is 26.4 Å². The van der Waals surface area contributed by atoms with Crippen molar-refractivity contribution in [2.24, 2.45) is 0 Å². The zero-order valence-corrected chi connectivity index (χ0v) is 7.22. The molecule has 64 valence electrons. The quantitative estimate of drug-likeness (QED) is 0.354. The molecule has 0 rings (SSSR count). The first-order valence-electron chi connectivity index (χ1n) is 3.39. The molecule has 0 atom stereocenters. The van der Waals surface area contributed by atoms with Gasteiger partial charge in [0.2, 0.25) is 0 Å². The van der Waals surface area contributed by atoms with Gasteiger partial charge in [0, 0.05) is 6.08 Å². The second-order valence-corrected chi connectivity index (χ2v) is 3.04. The normalized spacial score (nSPS) is 10.8. The van der Waals surface area contributed by atoms with Crippen LogP contribution in [-0.4, -0.2) is 18.4 Å². The SMILES string of the molecule is C=CC(=O)OCOC(C)(C)C. The molecule has 0 unspecified atom stereocenters. The average Bonchev–Trinajstić information content (AvgIpc) is 1.85. The van der Waals surface area contributed by atoms with Crippen LogP contribution in [0.3, 0.4) is 0 Å². The molecular formula is C8H14O3. The Kier molecular flexibility index (Phi) is 3.82. The number of carbonyl (C=O) groups is 1. The van der Waals surface area contributed by atoms with Crippen LogP contribution in [0.25, 0.3) is 0 Å². The van der Waals surface area contributed by atoms with Gasteiger partial charge in [-0.15, -0.1) is 0 Å². The standard InChI is InChI=1S/C8H14O3/c1-5-7(9)10-6-11-8(2,3)4/h5H,1,6H2,2-4H3. The number of hydrogen-bond donors (Lipinski definition) is 0. The fourth-order valence-corrected chi connectivity index (χ4v) is 0.323. The fraction of sp³-hybridized carbons (Fsp3) is 0.625. The lowest BCUT2D eigenvalue weighted by molar-refractivity contribution is -0.161. The fourth-order valence-electron chi connectivity index (χ4n) is 0.323. The summed E-state index contributed by atoms with van der Waals surface area (Å²) in [6.07, 6.45) is 1.10. The maximum absolute atomic E-state index is 10.5. The zero-order chi connectivity index (χ0) is 8.91. The molecule has 0 aliphatic heterocycles. The van der Waals surface area contributed by atoms with Crippen LogP contribution in [0, 0.1) is 0 Å². The van der Waals surface area contributed by atoms with Gasteiger partial charge in [0.25, 0.3) is 0 Å². The number of hydrogen-bond acceptors (Lipinski definition) is 3. The van der Waals surface area contributed by atoms with Crippen LogP contribution in [0.5, 0.6) is 0 Å². The highest BCUT2D eigenvalue weighted by molar-refractivity contribution is 5.81. The van der Waals surface area contributed by atoms with E-state index in [0.717, 1.165) is 6.08 Å². The number of carbonyl (C=O) groups excluding carboxylic acids is 1. The van der Waals surface area contributed by atoms with E-state index in [9.17, 15) is 4.79 Å². The Morgan fingerprint density at radius 3 is 2.45 bits per heavy atom. The molecule has 0 heterocycles. The highest BCUT2D eigenvalue weighted by Crippen LogP contribution is 2.05. The van der Waals surface area contributed by atoms with Gasteiger partial charge in [-0.2, -0.15) is 0 Å². The molecule has 0 aliphatic rings. The lowest BCUT2D eigenvalue weighted by Gasteiger charge is -2.18. The minimum absolute atomic E-state index is 0.0195. The minimum atomic E-state index is -0.464. The molecule has 0 aliphatic carbocycles. The van der Waals surface area contributed by atoms with E-state index in [2.05, 4.69) is 11.3 Å². The van der Waals surface area contributed by atoms with Crippen LogP contribution < -0.4 is 0 Å². The molecule has 0 aromatic rings. The van der Waals surface area contributed by atoms with E-state index in [1.165, 1.54) is 0 Å². The Labute approximate surface area is 67.0 Å². The summed E-state index contributed by atoms with van der Waals surface area (Å²) in [7, 11) is 0. The van der Waals surface area contributed by atoms with Gasteiger partial charge in [0.1, 0.15) is 0 Å². The monoisotopic (exact) mass is 158 g/mol. The molecular weight excluding hydrogens is 144 g/mol. The Bertz CT molecular complexity index is 144. The second kappa shape index (κ2) is 4.13. The molecule has 11 heavy (non-hydrogen) atoms. The highest BCUT2D eigenvalue weighted by Gasteiger charge is 2.09. The smallest absolute Gasteiger partial charge is 0.332 e. The van der Waals surface area contributed by atoms with E-state index in [1.54, 1.807) is 0 Å². The molecule has 0 saturated heterocycles. The largest absolute Gasteiger partial charge is 0.435 e. The molecule has 0 fully saturated rings. The van der Waals surface area contributed by atoms with Crippen LogP contribution in [-0.2, 0) is 14.3 Å². The number of rotatable bonds is 3. The summed E-state index contributed by atoms with van der Waals surface area (Å²) in [6.45, 7) is 8.88. The van der Waals surface area contributed by atoms with Gasteiger partial charge in [-0.05, 0) is 20.8 Å². The zero-order valence-electron chi connectivity index (χ0n) is 7.22. The predicted molar refractivity (Wildman–Crippen MR) is 42.0 cm³/mol. The van der Waals surface area contributed by atoms with Crippen molar-refractivity contribution in [3.8, 4) is 0 Å². The third-order valence-corrected chi connectivity index (χ3v) is 0.860. The van der Waals surface area contributed by atoms with Gasteiger partial charge in [-0.25, -0.2) is 4.79 Å². The molecule has 0 N–H and O–H groups in total. The van der Waals surface area contributed by atoms with E-state index in [-0.39, 0.29) is 12.4 Å². The summed E-state index contributed by atoms with van der Waals surface area (Å²) in [5.74, 6) is -0.464. The molecule has 0 amide bonds. The molecule has 0 aromatic heterocycles. The van der Waals surface area contributed by atoms with Gasteiger partial charge < -0.3 is 9.47 Å². The molecule has 3 heteroatoms. The third kappa shape index (κ3) is 7.06. The van der Waals surface area contributed by atoms with Crippen LogP contribution >= 0.6 is 0 Å². The Balaban J connectivity index is 3.42. The van der Waals surface area contributed by atoms with Gasteiger partial charge in [-0.3, -0.25) is 0 Å². The van der Waals surface area contributed by atoms with Gasteiger partial charge in [0.05, 0.1) is 5.60 Å². The third-order valence-electron chi connectivity index (χ3n) is 0.860. The van der Waals surface area contributed by atoms with Gasteiger partial charge >= 0.3 is 5.97 Å². The van der Waals surface area contributed by atoms with E-state index in [4.69, 9.17) is 4.74 Å². The Morgan fingerprint density at radius 1 is 1.55 bits per heavy atom. The van der Waals surface area contributed by atoms with Crippen LogP contribution in [0.2, 0.25) is 0 Å². The van der Waals surface area contributed by atoms with E-state index < -0.39 is 5.97 Å². The van der Waals surface area contributed by atoms with E-state index >= 15 is 0 Å². The maximum atomic E-state index is 10.5. The van der Waals surface area contributed by atoms with Crippen molar-refractivity contribution < 1.29 is 14.3 Å². The Morgan fingerprint density at radius 2 is 2.09 bits per heavy atom. The van der Waals surface area contributed by atoms with Crippen LogP contribution in [0.1, 0.15) is 20.8 Å². The average molecular weight is 158 g/mol. The van der Waals surface area contributed by atoms with Crippen molar-refractivity contribution in [1.82, 2.24) is 0 Å². The summed E-state index contributed by atoms with van der Waals surface area (Å²) in [6, 6.07) is 0. The van der Waals surface area contributed by atoms with Crippen molar-refractivity contribution in [3.63, 3.8) is 0 Å². The molecule has 0 bridgehead atoms. The van der Waals surface area contributed by atoms with Gasteiger partial charge in [0.15, 0.2) is 6.79 Å². The number of ether oxygens (including phenoxy) is 2. The second-order valence-electron chi connectivity index (χ2n) is 3.04. The number of esters is 1. The molecule has 0 spiro atoms. The first-order valence-corrected chi connectivity index (χ1v) is 3.39. The predicted octanol–water partition coefficient (Wildman–Crippen LogP) is 1.49. The minimum Gasteiger partial charge on any atom is -0.435 e. The lowest BCUT2D eigenvalue weighted by atomic mass is 10.2. The van der Waals surface area contributed by atoms with Crippen molar-refractivity contribution >= 4 is 5.97 Å². The first kappa shape index (κ1) is 10.2. The molecule has 3 nitrogen and oxygen atoms in total. The summed E-state index contributed by atoms with van der Waals surface area (Å²) < 4.78 is 9.70. The van der Waals surface area contributed by atoms with Crippen molar-refractivity contribution in [3.05, 3.63) is 12.7 Å². The maximum Gasteiger partial charge on any atom is 0.332 e. The lowest BCUT2D eigenvalue weighted by Crippen LogP contribution is -2.21. The summed E-state index contributed by atoms with van der Waals surface area (Å²) in [5.41, 5.74) is -0.276. The molecule has 0 saturated carbocycles. The van der Waals surface area contributed by atoms with Gasteiger partial charge in [-0.1, -0.05) is 6.58 Å². The molecule has 0 radical (unpaired) electrons. The summed E-state index contributed by atoms with van der Waals surface area (Å²) >= 11 is 0. The van der Waals surface area contributed by atoms with Crippen LogP contribution in [0.15, 0.2) is 12.7 Å². The van der Waals surface area contributed by atoms with E-state index in [1.807, 2.05) is 20.8 Å². The summed E-state index contributed by atoms with van der Waals surface area (Å²) in [4.78, 5) is 10.5. The highest BCUT2D eigenvalue weighted by atomic mass is 16.7. The Hall–Kier alpha value is -0.830. The summed E-state index contributed by atoms with van der Waals surface area (Å²) in [5, 5.41) is 0. The van der Waals surface area contributed by atoms with E-state index in [0.29, 0.717) is 0 Å². The topological polar surface area (TPSA) is 35.5 Å².